The third-order valence-electron chi connectivity index (χ3n) is 2.55. The molecule has 0 amide bonds. The maximum Gasteiger partial charge on any atom is 0.303 e. The molecule has 3 heteroatoms. The van der Waals surface area contributed by atoms with Crippen LogP contribution in [0.25, 0.3) is 0 Å². The summed E-state index contributed by atoms with van der Waals surface area (Å²) in [5.74, 6) is 2.57. The van der Waals surface area contributed by atoms with E-state index in [-0.39, 0.29) is 6.42 Å². The van der Waals surface area contributed by atoms with E-state index in [0.29, 0.717) is 13.0 Å². The molecule has 1 aromatic carbocycles. The van der Waals surface area contributed by atoms with Gasteiger partial charge in [-0.25, -0.2) is 0 Å². The standard InChI is InChI=1S/C15H18O3/c1-2-3-4-7-12-18-14-9-6-5-8-13(14)10-11-15(16)17/h1,5-6,8-9H,3-4,7,10-12H2,(H,16,17). The summed E-state index contributed by atoms with van der Waals surface area (Å²) in [5, 5.41) is 8.68. The Morgan fingerprint density at radius 1 is 1.33 bits per heavy atom. The molecule has 1 aromatic rings. The van der Waals surface area contributed by atoms with E-state index < -0.39 is 5.97 Å². The van der Waals surface area contributed by atoms with Gasteiger partial charge in [-0.05, 0) is 30.9 Å². The summed E-state index contributed by atoms with van der Waals surface area (Å²) in [7, 11) is 0. The van der Waals surface area contributed by atoms with Crippen molar-refractivity contribution in [3.63, 3.8) is 0 Å². The number of carbonyl (C=O) groups is 1. The molecule has 0 radical (unpaired) electrons. The zero-order valence-electron chi connectivity index (χ0n) is 10.4. The lowest BCUT2D eigenvalue weighted by Crippen LogP contribution is -2.02. The molecular formula is C15H18O3. The number of benzene rings is 1. The Kier molecular flexibility index (Phi) is 6.42. The largest absolute Gasteiger partial charge is 0.493 e. The van der Waals surface area contributed by atoms with E-state index in [2.05, 4.69) is 5.92 Å². The summed E-state index contributed by atoms with van der Waals surface area (Å²) in [4.78, 5) is 10.6. The lowest BCUT2D eigenvalue weighted by Gasteiger charge is -2.10. The zero-order valence-corrected chi connectivity index (χ0v) is 10.4. The van der Waals surface area contributed by atoms with E-state index in [1.807, 2.05) is 24.3 Å². The molecule has 0 saturated carbocycles. The quantitative estimate of drug-likeness (QED) is 0.566. The number of aliphatic carboxylic acids is 1. The van der Waals surface area contributed by atoms with Crippen LogP contribution in [0.3, 0.4) is 0 Å². The Morgan fingerprint density at radius 2 is 2.11 bits per heavy atom. The van der Waals surface area contributed by atoms with Gasteiger partial charge < -0.3 is 9.84 Å². The molecule has 0 unspecified atom stereocenters. The van der Waals surface area contributed by atoms with E-state index >= 15 is 0 Å². The van der Waals surface area contributed by atoms with E-state index in [0.717, 1.165) is 30.6 Å². The van der Waals surface area contributed by atoms with Crippen LogP contribution >= 0.6 is 0 Å². The molecule has 1 rings (SSSR count). The number of hydrogen-bond acceptors (Lipinski definition) is 2. The SMILES string of the molecule is C#CCCCCOc1ccccc1CCC(=O)O. The van der Waals surface area contributed by atoms with Gasteiger partial charge in [0.2, 0.25) is 0 Å². The Hall–Kier alpha value is -1.95. The first-order valence-electron chi connectivity index (χ1n) is 6.10. The maximum atomic E-state index is 10.6. The Morgan fingerprint density at radius 3 is 2.83 bits per heavy atom. The van der Waals surface area contributed by atoms with Crippen molar-refractivity contribution >= 4 is 5.97 Å². The number of aryl methyl sites for hydroxylation is 1. The number of para-hydroxylation sites is 1. The van der Waals surface area contributed by atoms with Gasteiger partial charge in [0.1, 0.15) is 5.75 Å². The van der Waals surface area contributed by atoms with Crippen LogP contribution < -0.4 is 4.74 Å². The minimum absolute atomic E-state index is 0.122. The van der Waals surface area contributed by atoms with Crippen molar-refractivity contribution in [1.82, 2.24) is 0 Å². The van der Waals surface area contributed by atoms with E-state index in [1.165, 1.54) is 0 Å². The highest BCUT2D eigenvalue weighted by Gasteiger charge is 2.05. The molecule has 0 heterocycles. The Balaban J connectivity index is 2.43. The van der Waals surface area contributed by atoms with Crippen molar-refractivity contribution in [2.24, 2.45) is 0 Å². The van der Waals surface area contributed by atoms with Gasteiger partial charge in [-0.2, -0.15) is 0 Å². The molecule has 0 atom stereocenters. The predicted octanol–water partition coefficient (Wildman–Crippen LogP) is 2.89. The number of rotatable bonds is 8. The van der Waals surface area contributed by atoms with Crippen molar-refractivity contribution in [3.05, 3.63) is 29.8 Å². The molecule has 0 aliphatic heterocycles. The first-order valence-corrected chi connectivity index (χ1v) is 6.10. The van der Waals surface area contributed by atoms with Gasteiger partial charge in [-0.1, -0.05) is 18.2 Å². The number of hydrogen-bond donors (Lipinski definition) is 1. The minimum atomic E-state index is -0.793. The van der Waals surface area contributed by atoms with E-state index in [1.54, 1.807) is 0 Å². The highest BCUT2D eigenvalue weighted by molar-refractivity contribution is 5.67. The highest BCUT2D eigenvalue weighted by Crippen LogP contribution is 2.19. The minimum Gasteiger partial charge on any atom is -0.493 e. The molecule has 0 saturated heterocycles. The van der Waals surface area contributed by atoms with Crippen LogP contribution in [0.2, 0.25) is 0 Å². The normalized spacial score (nSPS) is 9.72. The second-order valence-electron chi connectivity index (χ2n) is 4.01. The van der Waals surface area contributed by atoms with Gasteiger partial charge in [0, 0.05) is 12.8 Å². The lowest BCUT2D eigenvalue weighted by atomic mass is 10.1. The average Bonchev–Trinajstić information content (AvgIpc) is 2.37. The average molecular weight is 246 g/mol. The van der Waals surface area contributed by atoms with Gasteiger partial charge in [0.15, 0.2) is 0 Å². The molecular weight excluding hydrogens is 228 g/mol. The first-order chi connectivity index (χ1) is 8.74. The summed E-state index contributed by atoms with van der Waals surface area (Å²) < 4.78 is 5.65. The summed E-state index contributed by atoms with van der Waals surface area (Å²) in [6, 6.07) is 7.56. The number of ether oxygens (including phenoxy) is 1. The van der Waals surface area contributed by atoms with Gasteiger partial charge in [0.05, 0.1) is 6.61 Å². The predicted molar refractivity (Wildman–Crippen MR) is 70.6 cm³/mol. The summed E-state index contributed by atoms with van der Waals surface area (Å²) in [6.07, 6.45) is 8.42. The van der Waals surface area contributed by atoms with Crippen LogP contribution in [0.1, 0.15) is 31.2 Å². The van der Waals surface area contributed by atoms with Crippen molar-refractivity contribution in [2.75, 3.05) is 6.61 Å². The van der Waals surface area contributed by atoms with Crippen LogP contribution in [0.15, 0.2) is 24.3 Å². The van der Waals surface area contributed by atoms with Gasteiger partial charge in [-0.15, -0.1) is 12.3 Å². The van der Waals surface area contributed by atoms with Crippen molar-refractivity contribution < 1.29 is 14.6 Å². The number of terminal acetylenes is 1. The van der Waals surface area contributed by atoms with Crippen LogP contribution in [0, 0.1) is 12.3 Å². The Labute approximate surface area is 108 Å². The van der Waals surface area contributed by atoms with E-state index in [9.17, 15) is 4.79 Å². The molecule has 1 N–H and O–H groups in total. The Bertz CT molecular complexity index is 418. The fourth-order valence-corrected chi connectivity index (χ4v) is 1.60. The third kappa shape index (κ3) is 5.40. The van der Waals surface area contributed by atoms with Crippen LogP contribution in [-0.4, -0.2) is 17.7 Å². The van der Waals surface area contributed by atoms with Crippen molar-refractivity contribution in [3.8, 4) is 18.1 Å². The van der Waals surface area contributed by atoms with Gasteiger partial charge in [0.25, 0.3) is 0 Å². The molecule has 3 nitrogen and oxygen atoms in total. The molecule has 0 bridgehead atoms. The summed E-state index contributed by atoms with van der Waals surface area (Å²) in [6.45, 7) is 0.617. The zero-order chi connectivity index (χ0) is 13.2. The van der Waals surface area contributed by atoms with Crippen LogP contribution in [-0.2, 0) is 11.2 Å². The molecule has 0 spiro atoms. The molecule has 0 aliphatic carbocycles. The molecule has 0 aromatic heterocycles. The van der Waals surface area contributed by atoms with Crippen LogP contribution in [0.5, 0.6) is 5.75 Å². The first kappa shape index (κ1) is 14.1. The third-order valence-corrected chi connectivity index (χ3v) is 2.55. The molecule has 96 valence electrons. The fourth-order valence-electron chi connectivity index (χ4n) is 1.60. The van der Waals surface area contributed by atoms with E-state index in [4.69, 9.17) is 16.3 Å². The van der Waals surface area contributed by atoms with Gasteiger partial charge >= 0.3 is 5.97 Å². The van der Waals surface area contributed by atoms with Crippen molar-refractivity contribution in [1.29, 1.82) is 0 Å². The summed E-state index contributed by atoms with van der Waals surface area (Å²) in [5.41, 5.74) is 0.942. The monoisotopic (exact) mass is 246 g/mol. The second kappa shape index (κ2) is 8.19. The molecule has 0 aliphatic rings. The van der Waals surface area contributed by atoms with Crippen molar-refractivity contribution in [2.45, 2.75) is 32.1 Å². The number of unbranched alkanes of at least 4 members (excludes halogenated alkanes) is 2. The topological polar surface area (TPSA) is 46.5 Å². The number of carboxylic acids is 1. The maximum absolute atomic E-state index is 10.6. The summed E-state index contributed by atoms with van der Waals surface area (Å²) >= 11 is 0. The van der Waals surface area contributed by atoms with Crippen LogP contribution in [0.4, 0.5) is 0 Å². The lowest BCUT2D eigenvalue weighted by molar-refractivity contribution is -0.136. The highest BCUT2D eigenvalue weighted by atomic mass is 16.5. The smallest absolute Gasteiger partial charge is 0.303 e. The number of carboxylic acid groups (broad SMARTS) is 1. The second-order valence-corrected chi connectivity index (χ2v) is 4.01. The van der Waals surface area contributed by atoms with Gasteiger partial charge in [-0.3, -0.25) is 4.79 Å². The fraction of sp³-hybridized carbons (Fsp3) is 0.400. The molecule has 0 fully saturated rings. The molecule has 18 heavy (non-hydrogen) atoms.